The van der Waals surface area contributed by atoms with Gasteiger partial charge in [0.05, 0.1) is 12.8 Å². The number of carboxylic acid groups (broad SMARTS) is 3. The van der Waals surface area contributed by atoms with Crippen molar-refractivity contribution in [3.63, 3.8) is 0 Å². The van der Waals surface area contributed by atoms with Crippen LogP contribution in [-0.2, 0) is 20.8 Å². The van der Waals surface area contributed by atoms with Crippen LogP contribution in [0.3, 0.4) is 0 Å². The number of urea groups is 1. The number of nitrogens with one attached hydrogen (secondary N) is 1. The Bertz CT molecular complexity index is 884. The molecule has 2 aliphatic heterocycles. The second-order valence-corrected chi connectivity index (χ2v) is 9.87. The van der Waals surface area contributed by atoms with Crippen molar-refractivity contribution in [1.82, 2.24) is 25.0 Å². The van der Waals surface area contributed by atoms with Gasteiger partial charge in [0.1, 0.15) is 0 Å². The van der Waals surface area contributed by atoms with Crippen LogP contribution in [-0.4, -0.2) is 129 Å². The van der Waals surface area contributed by atoms with E-state index in [0.29, 0.717) is 6.54 Å². The number of rotatable bonds is 14. The quantitative estimate of drug-likeness (QED) is 0.218. The molecule has 2 amide bonds. The van der Waals surface area contributed by atoms with E-state index in [4.69, 9.17) is 20.4 Å². The minimum Gasteiger partial charge on any atom is -0.481 e. The molecule has 1 aromatic heterocycles. The number of likely N-dealkylation sites (tertiary alicyclic amines) is 2. The topological polar surface area (TPSA) is 184 Å². The summed E-state index contributed by atoms with van der Waals surface area (Å²) in [4.78, 5) is 54.5. The summed E-state index contributed by atoms with van der Waals surface area (Å²) in [7, 11) is 0. The predicted octanol–water partition coefficient (Wildman–Crippen LogP) is 0.579. The minimum absolute atomic E-state index is 0.0688. The monoisotopic (exact) mass is 551 g/mol. The Balaban J connectivity index is 0.000000349. The molecule has 3 heterocycles. The van der Waals surface area contributed by atoms with Gasteiger partial charge in [0.15, 0.2) is 5.60 Å². The zero-order valence-corrected chi connectivity index (χ0v) is 22.3. The molecule has 2 aliphatic rings. The van der Waals surface area contributed by atoms with Crippen molar-refractivity contribution < 1.29 is 39.6 Å². The average Bonchev–Trinajstić information content (AvgIpc) is 3.58. The minimum atomic E-state index is -2.74. The van der Waals surface area contributed by atoms with E-state index in [1.165, 1.54) is 51.9 Å². The van der Waals surface area contributed by atoms with Crippen LogP contribution in [0, 0.1) is 0 Å². The highest BCUT2D eigenvalue weighted by Gasteiger charge is 2.40. The first-order valence-electron chi connectivity index (χ1n) is 13.4. The molecular formula is C26H41N5O8. The third kappa shape index (κ3) is 12.4. The Morgan fingerprint density at radius 2 is 1.38 bits per heavy atom. The number of carbonyl (C=O) groups excluding carboxylic acids is 1. The number of amides is 2. The fraction of sp³-hybridized carbons (Fsp3) is 0.654. The van der Waals surface area contributed by atoms with Crippen LogP contribution in [0.1, 0.15) is 44.2 Å². The lowest BCUT2D eigenvalue weighted by Gasteiger charge is -2.27. The number of aliphatic carboxylic acids is 3. The second kappa shape index (κ2) is 16.6. The van der Waals surface area contributed by atoms with Gasteiger partial charge in [-0.3, -0.25) is 14.6 Å². The van der Waals surface area contributed by atoms with Gasteiger partial charge in [-0.2, -0.15) is 0 Å². The summed E-state index contributed by atoms with van der Waals surface area (Å²) in [5, 5.41) is 36.9. The number of hydrogen-bond donors (Lipinski definition) is 5. The molecule has 5 N–H and O–H groups in total. The molecule has 1 aromatic rings. The Morgan fingerprint density at radius 1 is 0.872 bits per heavy atom. The summed E-state index contributed by atoms with van der Waals surface area (Å²) in [6.45, 7) is 9.00. The molecule has 0 saturated carbocycles. The van der Waals surface area contributed by atoms with Crippen LogP contribution < -0.4 is 5.32 Å². The normalized spacial score (nSPS) is 15.8. The van der Waals surface area contributed by atoms with E-state index in [1.807, 2.05) is 23.1 Å². The zero-order valence-electron chi connectivity index (χ0n) is 22.3. The summed E-state index contributed by atoms with van der Waals surface area (Å²) >= 11 is 0. The number of nitrogens with zero attached hydrogens (tertiary/aromatic N) is 4. The molecule has 2 fully saturated rings. The first-order valence-corrected chi connectivity index (χ1v) is 13.4. The molecule has 3 rings (SSSR count). The number of hydrogen-bond acceptors (Lipinski definition) is 8. The van der Waals surface area contributed by atoms with Crippen molar-refractivity contribution in [3.05, 3.63) is 30.1 Å². The molecule has 0 atom stereocenters. The lowest BCUT2D eigenvalue weighted by molar-refractivity contribution is -0.170. The molecule has 0 aliphatic carbocycles. The Hall–Kier alpha value is -3.29. The van der Waals surface area contributed by atoms with Crippen LogP contribution in [0.5, 0.6) is 0 Å². The Labute approximate surface area is 228 Å². The SMILES string of the molecule is O=C(NCCc1ccccn1)N(CCN1CCCC1)CCN1CCCC1.O=C(O)CC(O)(CC(=O)O)C(=O)O. The number of carbonyl (C=O) groups is 4. The molecule has 0 unspecified atom stereocenters. The van der Waals surface area contributed by atoms with Gasteiger partial charge in [0.25, 0.3) is 0 Å². The summed E-state index contributed by atoms with van der Waals surface area (Å²) < 4.78 is 0. The van der Waals surface area contributed by atoms with E-state index in [-0.39, 0.29) is 6.03 Å². The van der Waals surface area contributed by atoms with Crippen LogP contribution in [0.4, 0.5) is 4.79 Å². The fourth-order valence-electron chi connectivity index (χ4n) is 4.52. The van der Waals surface area contributed by atoms with E-state index in [0.717, 1.165) is 38.3 Å². The molecule has 13 nitrogen and oxygen atoms in total. The van der Waals surface area contributed by atoms with Gasteiger partial charge < -0.3 is 40.4 Å². The molecule has 0 radical (unpaired) electrons. The lowest BCUT2D eigenvalue weighted by atomic mass is 9.96. The lowest BCUT2D eigenvalue weighted by Crippen LogP contribution is -2.47. The van der Waals surface area contributed by atoms with Crippen molar-refractivity contribution >= 4 is 23.9 Å². The summed E-state index contributed by atoms with van der Waals surface area (Å²) in [5.74, 6) is -5.02. The van der Waals surface area contributed by atoms with Crippen LogP contribution in [0.15, 0.2) is 24.4 Å². The number of pyridine rings is 1. The highest BCUT2D eigenvalue weighted by Crippen LogP contribution is 2.15. The van der Waals surface area contributed by atoms with E-state index in [1.54, 1.807) is 6.20 Å². The molecular weight excluding hydrogens is 510 g/mol. The summed E-state index contributed by atoms with van der Waals surface area (Å²) in [5.41, 5.74) is -1.72. The highest BCUT2D eigenvalue weighted by molar-refractivity contribution is 5.88. The third-order valence-corrected chi connectivity index (χ3v) is 6.73. The number of aromatic nitrogens is 1. The van der Waals surface area contributed by atoms with Gasteiger partial charge in [-0.15, -0.1) is 0 Å². The van der Waals surface area contributed by atoms with Crippen LogP contribution in [0.25, 0.3) is 0 Å². The fourth-order valence-corrected chi connectivity index (χ4v) is 4.52. The van der Waals surface area contributed by atoms with E-state index in [9.17, 15) is 19.2 Å². The van der Waals surface area contributed by atoms with Gasteiger partial charge in [0, 0.05) is 51.0 Å². The molecule has 0 bridgehead atoms. The predicted molar refractivity (Wildman–Crippen MR) is 141 cm³/mol. The van der Waals surface area contributed by atoms with Gasteiger partial charge in [-0.1, -0.05) is 6.07 Å². The van der Waals surface area contributed by atoms with Gasteiger partial charge in [-0.05, 0) is 64.0 Å². The van der Waals surface area contributed by atoms with Gasteiger partial charge in [0.2, 0.25) is 0 Å². The first-order chi connectivity index (χ1) is 18.6. The highest BCUT2D eigenvalue weighted by atomic mass is 16.4. The Kier molecular flexibility index (Phi) is 13.6. The molecule has 0 spiro atoms. The van der Waals surface area contributed by atoms with Gasteiger partial charge in [-0.25, -0.2) is 9.59 Å². The number of carboxylic acids is 3. The molecule has 2 saturated heterocycles. The Morgan fingerprint density at radius 3 is 1.79 bits per heavy atom. The van der Waals surface area contributed by atoms with Crippen molar-refractivity contribution in [2.75, 3.05) is 58.9 Å². The van der Waals surface area contributed by atoms with Crippen LogP contribution >= 0.6 is 0 Å². The zero-order chi connectivity index (χ0) is 28.7. The summed E-state index contributed by atoms with van der Waals surface area (Å²) in [6.07, 6.45) is 5.47. The first kappa shape index (κ1) is 31.9. The largest absolute Gasteiger partial charge is 0.481 e. The van der Waals surface area contributed by atoms with Crippen molar-refractivity contribution in [3.8, 4) is 0 Å². The van der Waals surface area contributed by atoms with Gasteiger partial charge >= 0.3 is 23.9 Å². The molecule has 39 heavy (non-hydrogen) atoms. The molecule has 0 aromatic carbocycles. The maximum atomic E-state index is 12.7. The number of aliphatic hydroxyl groups is 1. The second-order valence-electron chi connectivity index (χ2n) is 9.87. The van der Waals surface area contributed by atoms with Crippen molar-refractivity contribution in [2.45, 2.75) is 50.5 Å². The van der Waals surface area contributed by atoms with E-state index < -0.39 is 36.4 Å². The average molecular weight is 552 g/mol. The van der Waals surface area contributed by atoms with E-state index in [2.05, 4.69) is 20.1 Å². The third-order valence-electron chi connectivity index (χ3n) is 6.73. The standard InChI is InChI=1S/C20H33N5O.C6H8O7/c26-20(22-10-8-19-7-1-2-9-21-19)25(17-15-23-11-3-4-12-23)18-16-24-13-5-6-14-24;7-3(8)1-6(13,5(11)12)2-4(9)10/h1-2,7,9H,3-6,8,10-18H2,(H,22,26);13H,1-2H2,(H,7,8)(H,9,10)(H,11,12). The summed E-state index contributed by atoms with van der Waals surface area (Å²) in [6, 6.07) is 5.98. The maximum absolute atomic E-state index is 12.7. The maximum Gasteiger partial charge on any atom is 0.336 e. The smallest absolute Gasteiger partial charge is 0.336 e. The molecule has 218 valence electrons. The van der Waals surface area contributed by atoms with E-state index >= 15 is 0 Å². The molecule has 13 heteroatoms. The van der Waals surface area contributed by atoms with Crippen molar-refractivity contribution in [1.29, 1.82) is 0 Å². The van der Waals surface area contributed by atoms with Crippen LogP contribution in [0.2, 0.25) is 0 Å². The van der Waals surface area contributed by atoms with Crippen molar-refractivity contribution in [2.24, 2.45) is 0 Å².